The number of nitrogens with zero attached hydrogens (tertiary/aromatic N) is 3. The summed E-state index contributed by atoms with van der Waals surface area (Å²) in [5, 5.41) is 13.2. The third-order valence-electron chi connectivity index (χ3n) is 2.12. The van der Waals surface area contributed by atoms with E-state index < -0.39 is 5.54 Å². The lowest BCUT2D eigenvalue weighted by atomic mass is 10.1. The average molecular weight is 250 g/mol. The molecule has 1 heterocycles. The first-order chi connectivity index (χ1) is 7.95. The third-order valence-corrected chi connectivity index (χ3v) is 3.29. The van der Waals surface area contributed by atoms with Gasteiger partial charge in [-0.1, -0.05) is 11.8 Å². The van der Waals surface area contributed by atoms with Crippen LogP contribution in [0.15, 0.2) is 17.4 Å². The highest BCUT2D eigenvalue weighted by molar-refractivity contribution is 7.99. The Morgan fingerprint density at radius 2 is 2.29 bits per heavy atom. The van der Waals surface area contributed by atoms with Crippen LogP contribution in [0, 0.1) is 18.3 Å². The van der Waals surface area contributed by atoms with Gasteiger partial charge in [0, 0.05) is 23.7 Å². The predicted molar refractivity (Wildman–Crippen MR) is 69.8 cm³/mol. The lowest BCUT2D eigenvalue weighted by Crippen LogP contribution is -2.47. The summed E-state index contributed by atoms with van der Waals surface area (Å²) >= 11 is 1.50. The van der Waals surface area contributed by atoms with Crippen molar-refractivity contribution in [3.63, 3.8) is 0 Å². The van der Waals surface area contributed by atoms with Crippen molar-refractivity contribution in [2.45, 2.75) is 44.4 Å². The first-order valence-corrected chi connectivity index (χ1v) is 6.55. The smallest absolute Gasteiger partial charge is 0.187 e. The van der Waals surface area contributed by atoms with Crippen LogP contribution in [0.4, 0.5) is 0 Å². The Labute approximate surface area is 107 Å². The van der Waals surface area contributed by atoms with Crippen LogP contribution in [0.5, 0.6) is 0 Å². The van der Waals surface area contributed by atoms with E-state index in [4.69, 9.17) is 0 Å². The van der Waals surface area contributed by atoms with E-state index in [9.17, 15) is 5.26 Å². The molecule has 0 aliphatic rings. The number of rotatable bonds is 5. The van der Waals surface area contributed by atoms with Crippen molar-refractivity contribution in [1.82, 2.24) is 15.3 Å². The molecule has 0 fully saturated rings. The molecule has 17 heavy (non-hydrogen) atoms. The van der Waals surface area contributed by atoms with Gasteiger partial charge in [0.25, 0.3) is 0 Å². The summed E-state index contributed by atoms with van der Waals surface area (Å²) in [6.45, 7) is 7.89. The average Bonchev–Trinajstić information content (AvgIpc) is 2.26. The standard InChI is InChI=1S/C12H18N4S/c1-9(2)16-12(4,7-13)8-17-11-14-6-5-10(3)15-11/h5-6,9,16H,8H2,1-4H3. The molecular weight excluding hydrogens is 232 g/mol. The molecule has 0 aliphatic heterocycles. The van der Waals surface area contributed by atoms with Crippen LogP contribution in [-0.2, 0) is 0 Å². The van der Waals surface area contributed by atoms with E-state index in [0.717, 1.165) is 10.9 Å². The Kier molecular flexibility index (Phi) is 4.91. The lowest BCUT2D eigenvalue weighted by Gasteiger charge is -2.25. The zero-order valence-corrected chi connectivity index (χ0v) is 11.5. The normalized spacial score (nSPS) is 14.4. The van der Waals surface area contributed by atoms with Crippen LogP contribution in [0.25, 0.3) is 0 Å². The molecule has 92 valence electrons. The lowest BCUT2D eigenvalue weighted by molar-refractivity contribution is 0.443. The minimum absolute atomic E-state index is 0.277. The van der Waals surface area contributed by atoms with Crippen molar-refractivity contribution < 1.29 is 0 Å². The molecule has 0 amide bonds. The molecule has 0 saturated carbocycles. The quantitative estimate of drug-likeness (QED) is 0.641. The topological polar surface area (TPSA) is 61.6 Å². The van der Waals surface area contributed by atoms with Crippen molar-refractivity contribution in [3.8, 4) is 6.07 Å². The first kappa shape index (κ1) is 13.9. The summed E-state index contributed by atoms with van der Waals surface area (Å²) in [7, 11) is 0. The Bertz CT molecular complexity index is 413. The monoisotopic (exact) mass is 250 g/mol. The molecule has 0 saturated heterocycles. The van der Waals surface area contributed by atoms with Crippen molar-refractivity contribution >= 4 is 11.8 Å². The number of hydrogen-bond donors (Lipinski definition) is 1. The third kappa shape index (κ3) is 4.72. The second-order valence-electron chi connectivity index (χ2n) is 4.51. The molecule has 0 aromatic carbocycles. The fourth-order valence-electron chi connectivity index (χ4n) is 1.45. The van der Waals surface area contributed by atoms with Crippen LogP contribution in [0.3, 0.4) is 0 Å². The number of nitriles is 1. The summed E-state index contributed by atoms with van der Waals surface area (Å²) in [4.78, 5) is 8.48. The maximum atomic E-state index is 9.20. The molecule has 1 aromatic heterocycles. The van der Waals surface area contributed by atoms with E-state index in [1.807, 2.05) is 33.8 Å². The fraction of sp³-hybridized carbons (Fsp3) is 0.583. The zero-order valence-electron chi connectivity index (χ0n) is 10.7. The number of nitrogens with one attached hydrogen (secondary N) is 1. The second-order valence-corrected chi connectivity index (χ2v) is 5.45. The van der Waals surface area contributed by atoms with E-state index in [2.05, 4.69) is 21.4 Å². The molecule has 1 rings (SSSR count). The van der Waals surface area contributed by atoms with Crippen LogP contribution in [0.1, 0.15) is 26.5 Å². The number of hydrogen-bond acceptors (Lipinski definition) is 5. The molecule has 0 radical (unpaired) electrons. The van der Waals surface area contributed by atoms with E-state index in [1.165, 1.54) is 11.8 Å². The largest absolute Gasteiger partial charge is 0.297 e. The molecule has 4 nitrogen and oxygen atoms in total. The van der Waals surface area contributed by atoms with E-state index in [0.29, 0.717) is 5.75 Å². The van der Waals surface area contributed by atoms with Gasteiger partial charge in [-0.2, -0.15) is 5.26 Å². The summed E-state index contributed by atoms with van der Waals surface area (Å²) < 4.78 is 0. The van der Waals surface area contributed by atoms with Crippen LogP contribution in [-0.4, -0.2) is 27.3 Å². The zero-order chi connectivity index (χ0) is 12.9. The summed E-state index contributed by atoms with van der Waals surface area (Å²) in [5.74, 6) is 0.630. The van der Waals surface area contributed by atoms with Gasteiger partial charge in [0.05, 0.1) is 6.07 Å². The molecule has 1 aromatic rings. The molecule has 5 heteroatoms. The molecule has 0 spiro atoms. The number of thioether (sulfide) groups is 1. The Morgan fingerprint density at radius 1 is 1.59 bits per heavy atom. The Balaban J connectivity index is 2.62. The summed E-state index contributed by atoms with van der Waals surface area (Å²) in [6.07, 6.45) is 1.74. The Morgan fingerprint density at radius 3 is 2.82 bits per heavy atom. The van der Waals surface area contributed by atoms with Gasteiger partial charge >= 0.3 is 0 Å². The van der Waals surface area contributed by atoms with Gasteiger partial charge in [0.2, 0.25) is 0 Å². The maximum Gasteiger partial charge on any atom is 0.187 e. The van der Waals surface area contributed by atoms with Crippen molar-refractivity contribution in [2.75, 3.05) is 5.75 Å². The van der Waals surface area contributed by atoms with Crippen LogP contribution >= 0.6 is 11.8 Å². The minimum atomic E-state index is -0.550. The maximum absolute atomic E-state index is 9.20. The second kappa shape index (κ2) is 5.99. The highest BCUT2D eigenvalue weighted by Crippen LogP contribution is 2.19. The first-order valence-electron chi connectivity index (χ1n) is 5.56. The number of aryl methyl sites for hydroxylation is 1. The molecular formula is C12H18N4S. The van der Waals surface area contributed by atoms with E-state index in [1.54, 1.807) is 6.20 Å². The SMILES string of the molecule is Cc1ccnc(SCC(C)(C#N)NC(C)C)n1. The highest BCUT2D eigenvalue weighted by atomic mass is 32.2. The van der Waals surface area contributed by atoms with E-state index >= 15 is 0 Å². The minimum Gasteiger partial charge on any atom is -0.297 e. The van der Waals surface area contributed by atoms with Gasteiger partial charge in [-0.3, -0.25) is 5.32 Å². The van der Waals surface area contributed by atoms with Gasteiger partial charge in [-0.15, -0.1) is 0 Å². The van der Waals surface area contributed by atoms with Gasteiger partial charge in [0.1, 0.15) is 5.54 Å². The van der Waals surface area contributed by atoms with Gasteiger partial charge in [0.15, 0.2) is 5.16 Å². The summed E-state index contributed by atoms with van der Waals surface area (Å²) in [6, 6.07) is 4.44. The molecule has 1 N–H and O–H groups in total. The van der Waals surface area contributed by atoms with Crippen molar-refractivity contribution in [3.05, 3.63) is 18.0 Å². The fourth-order valence-corrected chi connectivity index (χ4v) is 2.36. The highest BCUT2D eigenvalue weighted by Gasteiger charge is 2.25. The van der Waals surface area contributed by atoms with Crippen LogP contribution < -0.4 is 5.32 Å². The van der Waals surface area contributed by atoms with Gasteiger partial charge in [-0.05, 0) is 33.8 Å². The van der Waals surface area contributed by atoms with Gasteiger partial charge < -0.3 is 0 Å². The molecule has 0 bridgehead atoms. The molecule has 1 atom stereocenters. The van der Waals surface area contributed by atoms with Crippen molar-refractivity contribution in [2.24, 2.45) is 0 Å². The van der Waals surface area contributed by atoms with Crippen molar-refractivity contribution in [1.29, 1.82) is 5.26 Å². The predicted octanol–water partition coefficient (Wildman–Crippen LogP) is 2.16. The van der Waals surface area contributed by atoms with Gasteiger partial charge in [-0.25, -0.2) is 9.97 Å². The molecule has 0 aliphatic carbocycles. The number of aromatic nitrogens is 2. The van der Waals surface area contributed by atoms with E-state index in [-0.39, 0.29) is 6.04 Å². The van der Waals surface area contributed by atoms with Crippen LogP contribution in [0.2, 0.25) is 0 Å². The summed E-state index contributed by atoms with van der Waals surface area (Å²) in [5.41, 5.74) is 0.393. The Hall–Kier alpha value is -1.12. The molecule has 1 unspecified atom stereocenters.